The Labute approximate surface area is 155 Å². The third-order valence-corrected chi connectivity index (χ3v) is 3.93. The summed E-state index contributed by atoms with van der Waals surface area (Å²) in [6, 6.07) is 19.5. The van der Waals surface area contributed by atoms with Gasteiger partial charge in [0.25, 0.3) is 11.6 Å². The molecular weight excluding hydrogens is 346 g/mol. The van der Waals surface area contributed by atoms with Gasteiger partial charge in [0.05, 0.1) is 16.7 Å². The second-order valence-electron chi connectivity index (χ2n) is 5.79. The minimum absolute atomic E-state index is 0.0875. The summed E-state index contributed by atoms with van der Waals surface area (Å²) < 4.78 is 5.76. The molecule has 0 saturated carbocycles. The molecule has 3 aromatic rings. The molecular formula is C20H17N3O4. The van der Waals surface area contributed by atoms with E-state index in [0.717, 1.165) is 10.8 Å². The molecule has 0 spiro atoms. The lowest BCUT2D eigenvalue weighted by molar-refractivity contribution is -0.385. The molecule has 0 radical (unpaired) electrons. The van der Waals surface area contributed by atoms with E-state index in [9.17, 15) is 14.9 Å². The van der Waals surface area contributed by atoms with Gasteiger partial charge >= 0.3 is 0 Å². The second kappa shape index (κ2) is 8.09. The first-order chi connectivity index (χ1) is 13.1. The van der Waals surface area contributed by atoms with E-state index in [1.165, 1.54) is 12.3 Å². The summed E-state index contributed by atoms with van der Waals surface area (Å²) in [7, 11) is 0. The van der Waals surface area contributed by atoms with Crippen molar-refractivity contribution in [3.8, 4) is 5.75 Å². The van der Waals surface area contributed by atoms with Gasteiger partial charge in [0, 0.05) is 11.5 Å². The van der Waals surface area contributed by atoms with Gasteiger partial charge in [-0.1, -0.05) is 48.5 Å². The summed E-state index contributed by atoms with van der Waals surface area (Å²) >= 11 is 0. The Balaban J connectivity index is 1.67. The number of hydrogen-bond acceptors (Lipinski definition) is 5. The van der Waals surface area contributed by atoms with Gasteiger partial charge in [-0.2, -0.15) is 5.10 Å². The highest BCUT2D eigenvalue weighted by molar-refractivity contribution is 5.90. The van der Waals surface area contributed by atoms with Crippen LogP contribution in [0.2, 0.25) is 0 Å². The molecule has 0 aliphatic carbocycles. The summed E-state index contributed by atoms with van der Waals surface area (Å²) in [4.78, 5) is 22.7. The van der Waals surface area contributed by atoms with E-state index < -0.39 is 16.9 Å². The highest BCUT2D eigenvalue weighted by Crippen LogP contribution is 2.26. The van der Waals surface area contributed by atoms with E-state index in [4.69, 9.17) is 4.74 Å². The van der Waals surface area contributed by atoms with Gasteiger partial charge in [0.15, 0.2) is 6.10 Å². The standard InChI is InChI=1S/C20H17N3O4/c1-14(27-19-12-6-9-15-7-2-4-10-17(15)19)20(24)22-21-13-16-8-3-5-11-18(16)23(25)26/h2-14H,1H3,(H,22,24)/t14-/m1/s1. The van der Waals surface area contributed by atoms with Crippen LogP contribution in [0.25, 0.3) is 10.8 Å². The molecule has 1 N–H and O–H groups in total. The predicted octanol–water partition coefficient (Wildman–Crippen LogP) is 3.67. The number of ether oxygens (including phenoxy) is 1. The zero-order valence-electron chi connectivity index (χ0n) is 14.5. The Hall–Kier alpha value is -3.74. The quantitative estimate of drug-likeness (QED) is 0.411. The molecule has 3 rings (SSSR count). The summed E-state index contributed by atoms with van der Waals surface area (Å²) in [5.41, 5.74) is 2.56. The van der Waals surface area contributed by atoms with E-state index in [1.807, 2.05) is 36.4 Å². The number of para-hydroxylation sites is 1. The number of fused-ring (bicyclic) bond motifs is 1. The van der Waals surface area contributed by atoms with Gasteiger partial charge in [0.1, 0.15) is 5.75 Å². The van der Waals surface area contributed by atoms with Crippen molar-refractivity contribution in [2.24, 2.45) is 5.10 Å². The van der Waals surface area contributed by atoms with E-state index >= 15 is 0 Å². The van der Waals surface area contributed by atoms with Crippen LogP contribution in [-0.4, -0.2) is 23.1 Å². The smallest absolute Gasteiger partial charge is 0.280 e. The van der Waals surface area contributed by atoms with E-state index in [-0.39, 0.29) is 5.69 Å². The Bertz CT molecular complexity index is 1010. The summed E-state index contributed by atoms with van der Waals surface area (Å²) in [6.45, 7) is 1.61. The maximum atomic E-state index is 12.2. The molecule has 0 aromatic heterocycles. The molecule has 7 nitrogen and oxygen atoms in total. The van der Waals surface area contributed by atoms with Crippen molar-refractivity contribution in [3.05, 3.63) is 82.4 Å². The molecule has 1 atom stereocenters. The van der Waals surface area contributed by atoms with Crippen LogP contribution in [0.1, 0.15) is 12.5 Å². The fourth-order valence-corrected chi connectivity index (χ4v) is 2.56. The number of nitro benzene ring substituents is 1. The van der Waals surface area contributed by atoms with Crippen LogP contribution in [0.15, 0.2) is 71.8 Å². The first-order valence-corrected chi connectivity index (χ1v) is 8.27. The number of rotatable bonds is 6. The van der Waals surface area contributed by atoms with Gasteiger partial charge in [-0.05, 0) is 24.4 Å². The molecule has 0 unspecified atom stereocenters. The number of carbonyl (C=O) groups is 1. The van der Waals surface area contributed by atoms with Crippen LogP contribution in [-0.2, 0) is 4.79 Å². The Morgan fingerprint density at radius 2 is 1.81 bits per heavy atom. The van der Waals surface area contributed by atoms with Crippen LogP contribution in [0.3, 0.4) is 0 Å². The van der Waals surface area contributed by atoms with Crippen LogP contribution >= 0.6 is 0 Å². The third-order valence-electron chi connectivity index (χ3n) is 3.93. The molecule has 3 aromatic carbocycles. The lowest BCUT2D eigenvalue weighted by Crippen LogP contribution is -2.33. The van der Waals surface area contributed by atoms with Crippen molar-refractivity contribution < 1.29 is 14.5 Å². The van der Waals surface area contributed by atoms with E-state index in [0.29, 0.717) is 11.3 Å². The largest absolute Gasteiger partial charge is 0.480 e. The monoisotopic (exact) mass is 363 g/mol. The number of nitro groups is 1. The number of hydrazone groups is 1. The Morgan fingerprint density at radius 1 is 1.11 bits per heavy atom. The molecule has 7 heteroatoms. The molecule has 0 bridgehead atoms. The van der Waals surface area contributed by atoms with Gasteiger partial charge in [-0.3, -0.25) is 14.9 Å². The Morgan fingerprint density at radius 3 is 2.63 bits per heavy atom. The average molecular weight is 363 g/mol. The van der Waals surface area contributed by atoms with Gasteiger partial charge in [-0.15, -0.1) is 0 Å². The van der Waals surface area contributed by atoms with Crippen LogP contribution in [0.4, 0.5) is 5.69 Å². The molecule has 27 heavy (non-hydrogen) atoms. The van der Waals surface area contributed by atoms with Crippen LogP contribution < -0.4 is 10.2 Å². The van der Waals surface area contributed by atoms with Crippen molar-refractivity contribution in [3.63, 3.8) is 0 Å². The molecule has 0 aliphatic rings. The number of nitrogens with zero attached hydrogens (tertiary/aromatic N) is 2. The maximum Gasteiger partial charge on any atom is 0.280 e. The van der Waals surface area contributed by atoms with Crippen molar-refractivity contribution in [1.29, 1.82) is 0 Å². The maximum absolute atomic E-state index is 12.2. The van der Waals surface area contributed by atoms with Gasteiger partial charge in [-0.25, -0.2) is 5.43 Å². The van der Waals surface area contributed by atoms with Crippen molar-refractivity contribution in [1.82, 2.24) is 5.43 Å². The molecule has 0 heterocycles. The average Bonchev–Trinajstić information content (AvgIpc) is 2.68. The summed E-state index contributed by atoms with van der Waals surface area (Å²) in [5.74, 6) is 0.135. The van der Waals surface area contributed by atoms with E-state index in [1.54, 1.807) is 31.2 Å². The number of carbonyl (C=O) groups excluding carboxylic acids is 1. The lowest BCUT2D eigenvalue weighted by atomic mass is 10.1. The summed E-state index contributed by atoms with van der Waals surface area (Å²) in [6.07, 6.45) is 0.444. The zero-order valence-corrected chi connectivity index (χ0v) is 14.5. The number of amides is 1. The van der Waals surface area contributed by atoms with Crippen LogP contribution in [0, 0.1) is 10.1 Å². The van der Waals surface area contributed by atoms with Crippen molar-refractivity contribution in [2.45, 2.75) is 13.0 Å². The fourth-order valence-electron chi connectivity index (χ4n) is 2.56. The molecule has 136 valence electrons. The lowest BCUT2D eigenvalue weighted by Gasteiger charge is -2.14. The van der Waals surface area contributed by atoms with Crippen LogP contribution in [0.5, 0.6) is 5.75 Å². The van der Waals surface area contributed by atoms with E-state index in [2.05, 4.69) is 10.5 Å². The van der Waals surface area contributed by atoms with Crippen molar-refractivity contribution >= 4 is 28.6 Å². The van der Waals surface area contributed by atoms with Gasteiger partial charge < -0.3 is 4.74 Å². The molecule has 0 aliphatic heterocycles. The topological polar surface area (TPSA) is 93.8 Å². The second-order valence-corrected chi connectivity index (χ2v) is 5.79. The first-order valence-electron chi connectivity index (χ1n) is 8.27. The highest BCUT2D eigenvalue weighted by atomic mass is 16.6. The Kier molecular flexibility index (Phi) is 5.41. The molecule has 0 saturated heterocycles. The number of nitrogens with one attached hydrogen (secondary N) is 1. The van der Waals surface area contributed by atoms with Crippen molar-refractivity contribution in [2.75, 3.05) is 0 Å². The molecule has 0 fully saturated rings. The summed E-state index contributed by atoms with van der Waals surface area (Å²) in [5, 5.41) is 16.7. The van der Waals surface area contributed by atoms with Gasteiger partial charge in [0.2, 0.25) is 0 Å². The molecule has 1 amide bonds. The predicted molar refractivity (Wildman–Crippen MR) is 103 cm³/mol. The number of benzene rings is 3. The highest BCUT2D eigenvalue weighted by Gasteiger charge is 2.16. The zero-order chi connectivity index (χ0) is 19.2. The first kappa shape index (κ1) is 18.1. The normalized spacial score (nSPS) is 12.0. The number of hydrogen-bond donors (Lipinski definition) is 1. The minimum atomic E-state index is -0.793. The third kappa shape index (κ3) is 4.27. The fraction of sp³-hybridized carbons (Fsp3) is 0.100. The SMILES string of the molecule is C[C@@H](Oc1cccc2ccccc12)C(=O)NN=Cc1ccccc1[N+](=O)[O-]. The minimum Gasteiger partial charge on any atom is -0.480 e.